The number of para-hydroxylation sites is 1. The van der Waals surface area contributed by atoms with Gasteiger partial charge in [0.15, 0.2) is 0 Å². The number of benzene rings is 1. The van der Waals surface area contributed by atoms with Gasteiger partial charge in [0.2, 0.25) is 0 Å². The van der Waals surface area contributed by atoms with Crippen molar-refractivity contribution in [3.63, 3.8) is 0 Å². The Hall–Kier alpha value is -2.07. The molecule has 0 bridgehead atoms. The summed E-state index contributed by atoms with van der Waals surface area (Å²) in [6, 6.07) is 7.52. The lowest BCUT2D eigenvalue weighted by Gasteiger charge is -2.09. The maximum Gasteiger partial charge on any atom is 0.140 e. The summed E-state index contributed by atoms with van der Waals surface area (Å²) in [4.78, 5) is 4.31. The number of phenols is 1. The third-order valence-electron chi connectivity index (χ3n) is 3.08. The summed E-state index contributed by atoms with van der Waals surface area (Å²) in [7, 11) is 0. The van der Waals surface area contributed by atoms with Crippen LogP contribution in [0.15, 0.2) is 30.5 Å². The van der Waals surface area contributed by atoms with Crippen molar-refractivity contribution in [3.8, 4) is 5.75 Å². The zero-order chi connectivity index (χ0) is 12.0. The third-order valence-corrected chi connectivity index (χ3v) is 3.08. The van der Waals surface area contributed by atoms with Gasteiger partial charge in [-0.25, -0.2) is 4.98 Å². The van der Waals surface area contributed by atoms with Crippen LogP contribution in [-0.4, -0.2) is 14.5 Å². The standard InChI is InChI=1S/C13H13N3O/c1-8-5-12-15-7-9(6-14)16(12)13-10(8)3-2-4-11(13)17/h2-5,7,17H,6,14H2,1H3. The average molecular weight is 227 g/mol. The van der Waals surface area contributed by atoms with E-state index in [0.717, 1.165) is 27.8 Å². The lowest BCUT2D eigenvalue weighted by Crippen LogP contribution is -2.02. The molecule has 0 radical (unpaired) electrons. The van der Waals surface area contributed by atoms with Gasteiger partial charge in [-0.2, -0.15) is 0 Å². The monoisotopic (exact) mass is 227 g/mol. The van der Waals surface area contributed by atoms with Crippen molar-refractivity contribution in [2.24, 2.45) is 5.73 Å². The van der Waals surface area contributed by atoms with Crippen molar-refractivity contribution < 1.29 is 5.11 Å². The molecule has 0 saturated heterocycles. The van der Waals surface area contributed by atoms with Gasteiger partial charge in [-0.05, 0) is 24.6 Å². The fourth-order valence-electron chi connectivity index (χ4n) is 2.26. The first-order chi connectivity index (χ1) is 8.22. The van der Waals surface area contributed by atoms with Crippen LogP contribution in [0.3, 0.4) is 0 Å². The molecular weight excluding hydrogens is 214 g/mol. The van der Waals surface area contributed by atoms with E-state index in [-0.39, 0.29) is 5.75 Å². The van der Waals surface area contributed by atoms with Gasteiger partial charge in [0.1, 0.15) is 11.4 Å². The molecule has 3 aromatic rings. The van der Waals surface area contributed by atoms with Gasteiger partial charge in [0.25, 0.3) is 0 Å². The number of hydrogen-bond acceptors (Lipinski definition) is 3. The predicted octanol–water partition coefficient (Wildman–Crippen LogP) is 1.96. The number of aromatic hydroxyl groups is 1. The molecule has 2 aromatic heterocycles. The van der Waals surface area contributed by atoms with Crippen molar-refractivity contribution in [3.05, 3.63) is 41.7 Å². The summed E-state index contributed by atoms with van der Waals surface area (Å²) in [6.45, 7) is 2.41. The highest BCUT2D eigenvalue weighted by atomic mass is 16.3. The number of hydrogen-bond donors (Lipinski definition) is 2. The number of nitrogens with two attached hydrogens (primary N) is 1. The van der Waals surface area contributed by atoms with Crippen LogP contribution in [0, 0.1) is 6.92 Å². The smallest absolute Gasteiger partial charge is 0.140 e. The summed E-state index contributed by atoms with van der Waals surface area (Å²) in [6.07, 6.45) is 1.75. The largest absolute Gasteiger partial charge is 0.506 e. The molecule has 17 heavy (non-hydrogen) atoms. The van der Waals surface area contributed by atoms with Crippen LogP contribution in [0.5, 0.6) is 5.75 Å². The SMILES string of the molecule is Cc1cc2ncc(CN)n2c2c(O)cccc12. The second-order valence-corrected chi connectivity index (χ2v) is 4.15. The molecule has 2 heterocycles. The molecule has 0 saturated carbocycles. The molecule has 4 heteroatoms. The van der Waals surface area contributed by atoms with Gasteiger partial charge in [-0.15, -0.1) is 0 Å². The third kappa shape index (κ3) is 1.31. The first kappa shape index (κ1) is 10.1. The van der Waals surface area contributed by atoms with Gasteiger partial charge >= 0.3 is 0 Å². The Bertz CT molecular complexity index is 715. The lowest BCUT2D eigenvalue weighted by molar-refractivity contribution is 0.479. The highest BCUT2D eigenvalue weighted by Gasteiger charge is 2.11. The Kier molecular flexibility index (Phi) is 2.06. The number of nitrogens with zero attached hydrogens (tertiary/aromatic N) is 2. The van der Waals surface area contributed by atoms with E-state index in [1.54, 1.807) is 12.3 Å². The molecule has 3 N–H and O–H groups in total. The maximum absolute atomic E-state index is 10.0. The number of aromatic nitrogens is 2. The molecule has 0 unspecified atom stereocenters. The number of aryl methyl sites for hydroxylation is 1. The van der Waals surface area contributed by atoms with Crippen molar-refractivity contribution in [1.29, 1.82) is 0 Å². The predicted molar refractivity (Wildman–Crippen MR) is 67.0 cm³/mol. The van der Waals surface area contributed by atoms with Crippen LogP contribution in [0.2, 0.25) is 0 Å². The molecule has 0 amide bonds. The van der Waals surface area contributed by atoms with E-state index < -0.39 is 0 Å². The Balaban J connectivity index is 2.63. The molecule has 0 aliphatic heterocycles. The molecule has 86 valence electrons. The van der Waals surface area contributed by atoms with Gasteiger partial charge in [0.05, 0.1) is 17.4 Å². The zero-order valence-corrected chi connectivity index (χ0v) is 9.51. The molecular formula is C13H13N3O. The fourth-order valence-corrected chi connectivity index (χ4v) is 2.26. The van der Waals surface area contributed by atoms with Gasteiger partial charge < -0.3 is 10.8 Å². The van der Waals surface area contributed by atoms with Crippen molar-refractivity contribution in [1.82, 2.24) is 9.38 Å². The van der Waals surface area contributed by atoms with Gasteiger partial charge in [-0.1, -0.05) is 12.1 Å². The summed E-state index contributed by atoms with van der Waals surface area (Å²) in [5, 5.41) is 11.1. The van der Waals surface area contributed by atoms with E-state index in [1.165, 1.54) is 0 Å². The minimum Gasteiger partial charge on any atom is -0.506 e. The Labute approximate surface area is 98.3 Å². The fraction of sp³-hybridized carbons (Fsp3) is 0.154. The lowest BCUT2D eigenvalue weighted by atomic mass is 10.1. The van der Waals surface area contributed by atoms with E-state index in [9.17, 15) is 5.11 Å². The molecule has 0 aliphatic rings. The van der Waals surface area contributed by atoms with E-state index in [4.69, 9.17) is 5.73 Å². The van der Waals surface area contributed by atoms with E-state index in [2.05, 4.69) is 4.98 Å². The van der Waals surface area contributed by atoms with E-state index >= 15 is 0 Å². The number of phenolic OH excluding ortho intramolecular Hbond substituents is 1. The second kappa shape index (κ2) is 3.46. The van der Waals surface area contributed by atoms with Crippen molar-refractivity contribution in [2.45, 2.75) is 13.5 Å². The summed E-state index contributed by atoms with van der Waals surface area (Å²) < 4.78 is 1.91. The Morgan fingerprint density at radius 3 is 3.00 bits per heavy atom. The van der Waals surface area contributed by atoms with Gasteiger partial charge in [0, 0.05) is 11.9 Å². The zero-order valence-electron chi connectivity index (χ0n) is 9.51. The number of rotatable bonds is 1. The van der Waals surface area contributed by atoms with E-state index in [0.29, 0.717) is 6.54 Å². The number of imidazole rings is 1. The normalized spacial score (nSPS) is 11.4. The highest BCUT2D eigenvalue weighted by Crippen LogP contribution is 2.29. The van der Waals surface area contributed by atoms with Crippen LogP contribution in [0.4, 0.5) is 0 Å². The summed E-state index contributed by atoms with van der Waals surface area (Å²) >= 11 is 0. The Morgan fingerprint density at radius 1 is 1.41 bits per heavy atom. The van der Waals surface area contributed by atoms with Crippen molar-refractivity contribution in [2.75, 3.05) is 0 Å². The quantitative estimate of drug-likeness (QED) is 0.668. The topological polar surface area (TPSA) is 63.5 Å². The van der Waals surface area contributed by atoms with Crippen LogP contribution in [-0.2, 0) is 6.54 Å². The maximum atomic E-state index is 10.0. The van der Waals surface area contributed by atoms with Gasteiger partial charge in [-0.3, -0.25) is 4.40 Å². The second-order valence-electron chi connectivity index (χ2n) is 4.15. The van der Waals surface area contributed by atoms with Crippen LogP contribution < -0.4 is 5.73 Å². The number of fused-ring (bicyclic) bond motifs is 3. The molecule has 1 aromatic carbocycles. The highest BCUT2D eigenvalue weighted by molar-refractivity contribution is 5.90. The van der Waals surface area contributed by atoms with Crippen LogP contribution in [0.1, 0.15) is 11.3 Å². The number of pyridine rings is 1. The molecule has 0 fully saturated rings. The minimum absolute atomic E-state index is 0.254. The van der Waals surface area contributed by atoms with Crippen LogP contribution in [0.25, 0.3) is 16.6 Å². The van der Waals surface area contributed by atoms with Crippen molar-refractivity contribution >= 4 is 16.6 Å². The first-order valence-corrected chi connectivity index (χ1v) is 5.50. The average Bonchev–Trinajstić information content (AvgIpc) is 2.72. The summed E-state index contributed by atoms with van der Waals surface area (Å²) in [5.74, 6) is 0.254. The molecule has 0 atom stereocenters. The molecule has 3 rings (SSSR count). The minimum atomic E-state index is 0.254. The summed E-state index contributed by atoms with van der Waals surface area (Å²) in [5.41, 5.74) is 9.28. The first-order valence-electron chi connectivity index (χ1n) is 5.50. The molecule has 0 spiro atoms. The molecule has 0 aliphatic carbocycles. The molecule has 4 nitrogen and oxygen atoms in total. The van der Waals surface area contributed by atoms with E-state index in [1.807, 2.05) is 29.5 Å². The van der Waals surface area contributed by atoms with Crippen LogP contribution >= 0.6 is 0 Å². The Morgan fingerprint density at radius 2 is 2.24 bits per heavy atom.